The van der Waals surface area contributed by atoms with Crippen LogP contribution in [0.4, 0.5) is 0 Å². The zero-order valence-corrected chi connectivity index (χ0v) is 8.54. The van der Waals surface area contributed by atoms with E-state index in [0.717, 1.165) is 0 Å². The van der Waals surface area contributed by atoms with E-state index in [4.69, 9.17) is 17.3 Å². The summed E-state index contributed by atoms with van der Waals surface area (Å²) in [5.74, 6) is -0.425. The number of aliphatic imine (C=N–C) groups is 1. The molecule has 0 fully saturated rings. The Morgan fingerprint density at radius 3 is 2.80 bits per heavy atom. The third-order valence-corrected chi connectivity index (χ3v) is 2.28. The maximum atomic E-state index is 10.9. The Balaban J connectivity index is 2.44. The summed E-state index contributed by atoms with van der Waals surface area (Å²) in [6.07, 6.45) is 0. The van der Waals surface area contributed by atoms with Crippen LogP contribution in [0.2, 0.25) is 0 Å². The fourth-order valence-corrected chi connectivity index (χ4v) is 1.55. The minimum Gasteiger partial charge on any atom is -0.478 e. The molecule has 2 rings (SSSR count). The molecule has 76 valence electrons. The number of thiocarbonyl (C=S) groups is 1. The first-order valence-corrected chi connectivity index (χ1v) is 4.76. The fraction of sp³-hybridized carbons (Fsp3) is 0.100. The normalized spacial score (nSPS) is 14.7. The van der Waals surface area contributed by atoms with Crippen molar-refractivity contribution in [2.45, 2.75) is 0 Å². The van der Waals surface area contributed by atoms with Gasteiger partial charge in [0.1, 0.15) is 10.8 Å². The first-order valence-electron chi connectivity index (χ1n) is 4.35. The number of nitrogens with zero attached hydrogens (tertiary/aromatic N) is 1. The summed E-state index contributed by atoms with van der Waals surface area (Å²) in [5.41, 5.74) is 0.804. The van der Waals surface area contributed by atoms with Gasteiger partial charge in [-0.15, -0.1) is 0 Å². The lowest BCUT2D eigenvalue weighted by Crippen LogP contribution is -2.25. The van der Waals surface area contributed by atoms with Crippen molar-refractivity contribution in [2.24, 2.45) is 4.99 Å². The highest BCUT2D eigenvalue weighted by atomic mass is 32.1. The van der Waals surface area contributed by atoms with Crippen LogP contribution in [0.1, 0.15) is 15.9 Å². The first kappa shape index (κ1) is 9.79. The number of carboxylic acid groups (broad SMARTS) is 1. The largest absolute Gasteiger partial charge is 0.478 e. The van der Waals surface area contributed by atoms with Gasteiger partial charge in [-0.25, -0.2) is 4.79 Å². The molecule has 0 saturated heterocycles. The molecule has 15 heavy (non-hydrogen) atoms. The minimum atomic E-state index is -0.965. The lowest BCUT2D eigenvalue weighted by Gasteiger charge is -2.05. The Labute approximate surface area is 91.6 Å². The van der Waals surface area contributed by atoms with Crippen LogP contribution >= 0.6 is 12.2 Å². The van der Waals surface area contributed by atoms with Crippen molar-refractivity contribution in [1.82, 2.24) is 5.32 Å². The van der Waals surface area contributed by atoms with Gasteiger partial charge >= 0.3 is 5.97 Å². The van der Waals surface area contributed by atoms with Crippen LogP contribution in [-0.2, 0) is 0 Å². The molecule has 4 nitrogen and oxygen atoms in total. The SMILES string of the molecule is O=C(O)c1ccccc1C1=NCC(=S)N1. The van der Waals surface area contributed by atoms with E-state index >= 15 is 0 Å². The van der Waals surface area contributed by atoms with E-state index in [-0.39, 0.29) is 5.56 Å². The second-order valence-electron chi connectivity index (χ2n) is 3.06. The van der Waals surface area contributed by atoms with Gasteiger partial charge in [-0.3, -0.25) is 4.99 Å². The van der Waals surface area contributed by atoms with Crippen molar-refractivity contribution < 1.29 is 9.90 Å². The molecule has 1 aliphatic heterocycles. The van der Waals surface area contributed by atoms with Crippen LogP contribution in [0.25, 0.3) is 0 Å². The van der Waals surface area contributed by atoms with E-state index in [0.29, 0.717) is 22.9 Å². The molecule has 2 N–H and O–H groups in total. The van der Waals surface area contributed by atoms with Crippen LogP contribution in [0.5, 0.6) is 0 Å². The predicted octanol–water partition coefficient (Wildman–Crippen LogP) is 1.06. The minimum absolute atomic E-state index is 0.230. The third kappa shape index (κ3) is 1.87. The number of carbonyl (C=O) groups is 1. The summed E-state index contributed by atoms with van der Waals surface area (Å²) < 4.78 is 0. The molecule has 0 atom stereocenters. The number of nitrogens with one attached hydrogen (secondary N) is 1. The van der Waals surface area contributed by atoms with Crippen molar-refractivity contribution in [2.75, 3.05) is 6.54 Å². The van der Waals surface area contributed by atoms with Crippen molar-refractivity contribution in [1.29, 1.82) is 0 Å². The fourth-order valence-electron chi connectivity index (χ4n) is 1.39. The van der Waals surface area contributed by atoms with Crippen LogP contribution in [-0.4, -0.2) is 28.4 Å². The Morgan fingerprint density at radius 1 is 1.47 bits per heavy atom. The number of hydrogen-bond donors (Lipinski definition) is 2. The number of carboxylic acids is 1. The van der Waals surface area contributed by atoms with Gasteiger partial charge in [0.25, 0.3) is 0 Å². The third-order valence-electron chi connectivity index (χ3n) is 2.05. The van der Waals surface area contributed by atoms with Gasteiger partial charge < -0.3 is 10.4 Å². The second kappa shape index (κ2) is 3.78. The smallest absolute Gasteiger partial charge is 0.336 e. The molecule has 0 amide bonds. The van der Waals surface area contributed by atoms with E-state index in [1.165, 1.54) is 0 Å². The second-order valence-corrected chi connectivity index (χ2v) is 3.56. The Bertz CT molecular complexity index is 468. The summed E-state index contributed by atoms with van der Waals surface area (Å²) in [7, 11) is 0. The zero-order chi connectivity index (χ0) is 10.8. The van der Waals surface area contributed by atoms with E-state index in [2.05, 4.69) is 10.3 Å². The van der Waals surface area contributed by atoms with Gasteiger partial charge in [0.05, 0.1) is 12.1 Å². The van der Waals surface area contributed by atoms with Crippen LogP contribution in [0.3, 0.4) is 0 Å². The number of aromatic carboxylic acids is 1. The van der Waals surface area contributed by atoms with Gasteiger partial charge in [0.15, 0.2) is 0 Å². The summed E-state index contributed by atoms with van der Waals surface area (Å²) in [4.78, 5) is 15.7. The van der Waals surface area contributed by atoms with Gasteiger partial charge in [-0.05, 0) is 6.07 Å². The molecule has 1 aromatic carbocycles. The van der Waals surface area contributed by atoms with E-state index in [1.807, 2.05) is 0 Å². The molecule has 0 radical (unpaired) electrons. The maximum Gasteiger partial charge on any atom is 0.336 e. The van der Waals surface area contributed by atoms with Gasteiger partial charge in [-0.2, -0.15) is 0 Å². The van der Waals surface area contributed by atoms with E-state index < -0.39 is 5.97 Å². The predicted molar refractivity (Wildman–Crippen MR) is 60.5 cm³/mol. The Kier molecular flexibility index (Phi) is 2.47. The average molecular weight is 220 g/mol. The summed E-state index contributed by atoms with van der Waals surface area (Å²) in [6.45, 7) is 0.429. The van der Waals surface area contributed by atoms with Gasteiger partial charge in [-0.1, -0.05) is 30.4 Å². The molecule has 0 aromatic heterocycles. The first-order chi connectivity index (χ1) is 7.18. The lowest BCUT2D eigenvalue weighted by molar-refractivity contribution is 0.0696. The molecule has 0 saturated carbocycles. The van der Waals surface area contributed by atoms with Crippen LogP contribution < -0.4 is 5.32 Å². The highest BCUT2D eigenvalue weighted by molar-refractivity contribution is 7.80. The molecule has 1 aromatic rings. The molecule has 0 unspecified atom stereocenters. The van der Waals surface area contributed by atoms with Crippen molar-refractivity contribution in [3.8, 4) is 0 Å². The van der Waals surface area contributed by atoms with E-state index in [9.17, 15) is 4.79 Å². The molecular weight excluding hydrogens is 212 g/mol. The highest BCUT2D eigenvalue weighted by Crippen LogP contribution is 2.11. The summed E-state index contributed by atoms with van der Waals surface area (Å²) in [5, 5.41) is 11.9. The topological polar surface area (TPSA) is 61.7 Å². The monoisotopic (exact) mass is 220 g/mol. The zero-order valence-electron chi connectivity index (χ0n) is 7.73. The Morgan fingerprint density at radius 2 is 2.20 bits per heavy atom. The summed E-state index contributed by atoms with van der Waals surface area (Å²) in [6, 6.07) is 6.71. The van der Waals surface area contributed by atoms with Crippen molar-refractivity contribution in [3.63, 3.8) is 0 Å². The number of rotatable bonds is 2. The molecular formula is C10H8N2O2S. The Hall–Kier alpha value is -1.75. The highest BCUT2D eigenvalue weighted by Gasteiger charge is 2.18. The molecule has 5 heteroatoms. The quantitative estimate of drug-likeness (QED) is 0.732. The van der Waals surface area contributed by atoms with E-state index in [1.54, 1.807) is 24.3 Å². The van der Waals surface area contributed by atoms with Crippen LogP contribution in [0.15, 0.2) is 29.3 Å². The number of amidine groups is 1. The number of benzene rings is 1. The molecule has 0 spiro atoms. The number of hydrogen-bond acceptors (Lipinski definition) is 3. The van der Waals surface area contributed by atoms with Crippen molar-refractivity contribution in [3.05, 3.63) is 35.4 Å². The summed E-state index contributed by atoms with van der Waals surface area (Å²) >= 11 is 4.93. The van der Waals surface area contributed by atoms with Gasteiger partial charge in [0.2, 0.25) is 0 Å². The maximum absolute atomic E-state index is 10.9. The van der Waals surface area contributed by atoms with Crippen LogP contribution in [0, 0.1) is 0 Å². The van der Waals surface area contributed by atoms with Gasteiger partial charge in [0, 0.05) is 5.56 Å². The molecule has 0 aliphatic carbocycles. The lowest BCUT2D eigenvalue weighted by atomic mass is 10.1. The molecule has 1 aliphatic rings. The molecule has 0 bridgehead atoms. The standard InChI is InChI=1S/C10H8N2O2S/c13-10(14)7-4-2-1-3-6(7)9-11-5-8(15)12-9/h1-4H,5H2,(H,13,14)(H,11,12,15). The molecule has 1 heterocycles. The van der Waals surface area contributed by atoms with Crippen molar-refractivity contribution >= 4 is 29.0 Å². The average Bonchev–Trinajstić information content (AvgIpc) is 2.65.